The minimum Gasteiger partial charge on any atom is -0.496 e. The minimum absolute atomic E-state index is 0.0193. The van der Waals surface area contributed by atoms with E-state index < -0.39 is 11.9 Å². The molecular weight excluding hydrogens is 320 g/mol. The van der Waals surface area contributed by atoms with Crippen molar-refractivity contribution in [2.75, 3.05) is 13.7 Å². The summed E-state index contributed by atoms with van der Waals surface area (Å²) in [5.74, 6) is 0.0402. The van der Waals surface area contributed by atoms with Crippen LogP contribution in [-0.2, 0) is 14.3 Å². The van der Waals surface area contributed by atoms with E-state index in [0.717, 1.165) is 16.9 Å². The molecule has 25 heavy (non-hydrogen) atoms. The van der Waals surface area contributed by atoms with Crippen LogP contribution in [0.4, 0.5) is 0 Å². The summed E-state index contributed by atoms with van der Waals surface area (Å²) in [5.41, 5.74) is 8.11. The average molecular weight is 342 g/mol. The normalized spacial score (nSPS) is 17.0. The van der Waals surface area contributed by atoms with Crippen LogP contribution >= 0.6 is 0 Å². The second kappa shape index (κ2) is 7.75. The molecule has 0 amide bonds. The number of allylic oxidation sites excluding steroid dienone is 2. The van der Waals surface area contributed by atoms with E-state index >= 15 is 0 Å². The van der Waals surface area contributed by atoms with Crippen molar-refractivity contribution in [3.63, 3.8) is 0 Å². The van der Waals surface area contributed by atoms with Gasteiger partial charge in [-0.05, 0) is 31.0 Å². The minimum atomic E-state index is -0.627. The SMILES string of the molecule is CCOC(=O)C1=C(CC)OC(N)=C(C#N)C1c1ccc(OC)c(C)c1. The molecule has 0 aliphatic carbocycles. The van der Waals surface area contributed by atoms with Gasteiger partial charge in [-0.1, -0.05) is 19.1 Å². The number of rotatable bonds is 5. The van der Waals surface area contributed by atoms with Crippen LogP contribution < -0.4 is 10.5 Å². The summed E-state index contributed by atoms with van der Waals surface area (Å²) in [6.07, 6.45) is 0.458. The lowest BCUT2D eigenvalue weighted by Crippen LogP contribution is -2.26. The van der Waals surface area contributed by atoms with Crippen LogP contribution in [0.3, 0.4) is 0 Å². The molecule has 2 rings (SSSR count). The molecule has 0 radical (unpaired) electrons. The fraction of sp³-hybridized carbons (Fsp3) is 0.368. The topological polar surface area (TPSA) is 94.6 Å². The summed E-state index contributed by atoms with van der Waals surface area (Å²) < 4.78 is 16.0. The lowest BCUT2D eigenvalue weighted by atomic mass is 9.82. The van der Waals surface area contributed by atoms with Gasteiger partial charge >= 0.3 is 5.97 Å². The third-order valence-corrected chi connectivity index (χ3v) is 4.07. The van der Waals surface area contributed by atoms with Crippen molar-refractivity contribution in [1.29, 1.82) is 5.26 Å². The second-order valence-corrected chi connectivity index (χ2v) is 5.56. The molecule has 132 valence electrons. The standard InChI is InChI=1S/C19H22N2O4/c1-5-14-17(19(22)24-6-2)16(13(10-20)18(21)25-14)12-7-8-15(23-4)11(3)9-12/h7-9,16H,5-6,21H2,1-4H3. The number of aryl methyl sites for hydroxylation is 1. The van der Waals surface area contributed by atoms with E-state index in [4.69, 9.17) is 19.9 Å². The molecule has 2 N–H and O–H groups in total. The van der Waals surface area contributed by atoms with Gasteiger partial charge in [0.2, 0.25) is 5.88 Å². The number of nitrogens with two attached hydrogens (primary N) is 1. The molecule has 1 aromatic carbocycles. The van der Waals surface area contributed by atoms with Gasteiger partial charge in [0, 0.05) is 6.42 Å². The van der Waals surface area contributed by atoms with Gasteiger partial charge in [-0.15, -0.1) is 0 Å². The van der Waals surface area contributed by atoms with Gasteiger partial charge < -0.3 is 19.9 Å². The number of hydrogen-bond acceptors (Lipinski definition) is 6. The number of hydrogen-bond donors (Lipinski definition) is 1. The zero-order valence-corrected chi connectivity index (χ0v) is 14.9. The highest BCUT2D eigenvalue weighted by Gasteiger charge is 2.37. The number of carbonyl (C=O) groups is 1. The van der Waals surface area contributed by atoms with Gasteiger partial charge in [0.15, 0.2) is 0 Å². The van der Waals surface area contributed by atoms with Crippen LogP contribution in [0.2, 0.25) is 0 Å². The van der Waals surface area contributed by atoms with Crippen molar-refractivity contribution in [2.45, 2.75) is 33.1 Å². The molecule has 0 fully saturated rings. The van der Waals surface area contributed by atoms with E-state index in [2.05, 4.69) is 6.07 Å². The first-order chi connectivity index (χ1) is 12.0. The van der Waals surface area contributed by atoms with Crippen molar-refractivity contribution in [3.05, 3.63) is 52.1 Å². The monoisotopic (exact) mass is 342 g/mol. The number of ether oxygens (including phenoxy) is 3. The predicted octanol–water partition coefficient (Wildman–Crippen LogP) is 3.04. The van der Waals surface area contributed by atoms with Gasteiger partial charge in [0.05, 0.1) is 25.2 Å². The number of methoxy groups -OCH3 is 1. The van der Waals surface area contributed by atoms with Gasteiger partial charge in [0.25, 0.3) is 0 Å². The van der Waals surface area contributed by atoms with Gasteiger partial charge in [-0.2, -0.15) is 5.26 Å². The van der Waals surface area contributed by atoms with Crippen LogP contribution in [0.25, 0.3) is 0 Å². The Morgan fingerprint density at radius 2 is 2.12 bits per heavy atom. The first-order valence-electron chi connectivity index (χ1n) is 8.10. The Kier molecular flexibility index (Phi) is 5.71. The largest absolute Gasteiger partial charge is 0.496 e. The van der Waals surface area contributed by atoms with Crippen molar-refractivity contribution in [3.8, 4) is 11.8 Å². The zero-order chi connectivity index (χ0) is 18.6. The second-order valence-electron chi connectivity index (χ2n) is 5.56. The fourth-order valence-electron chi connectivity index (χ4n) is 2.93. The smallest absolute Gasteiger partial charge is 0.338 e. The molecular formula is C19H22N2O4. The van der Waals surface area contributed by atoms with E-state index in [-0.39, 0.29) is 18.1 Å². The van der Waals surface area contributed by atoms with Gasteiger partial charge in [-0.3, -0.25) is 0 Å². The molecule has 1 atom stereocenters. The Morgan fingerprint density at radius 1 is 1.40 bits per heavy atom. The van der Waals surface area contributed by atoms with Gasteiger partial charge in [0.1, 0.15) is 23.2 Å². The fourth-order valence-corrected chi connectivity index (χ4v) is 2.93. The molecule has 0 saturated carbocycles. The quantitative estimate of drug-likeness (QED) is 0.827. The van der Waals surface area contributed by atoms with E-state index in [1.54, 1.807) is 20.1 Å². The highest BCUT2D eigenvalue weighted by atomic mass is 16.5. The molecule has 0 bridgehead atoms. The summed E-state index contributed by atoms with van der Waals surface area (Å²) in [6.45, 7) is 5.72. The van der Waals surface area contributed by atoms with E-state index in [1.165, 1.54) is 0 Å². The average Bonchev–Trinajstić information content (AvgIpc) is 2.60. The molecule has 6 heteroatoms. The van der Waals surface area contributed by atoms with Crippen molar-refractivity contribution in [1.82, 2.24) is 0 Å². The molecule has 0 spiro atoms. The molecule has 1 unspecified atom stereocenters. The number of benzene rings is 1. The number of nitrogens with zero attached hydrogens (tertiary/aromatic N) is 1. The molecule has 6 nitrogen and oxygen atoms in total. The van der Waals surface area contributed by atoms with Crippen molar-refractivity contribution >= 4 is 5.97 Å². The summed E-state index contributed by atoms with van der Waals surface area (Å²) >= 11 is 0. The van der Waals surface area contributed by atoms with E-state index in [0.29, 0.717) is 17.8 Å². The molecule has 0 aromatic heterocycles. The predicted molar refractivity (Wildman–Crippen MR) is 92.3 cm³/mol. The Morgan fingerprint density at radius 3 is 2.64 bits per heavy atom. The number of esters is 1. The van der Waals surface area contributed by atoms with Crippen molar-refractivity contribution in [2.24, 2.45) is 5.73 Å². The summed E-state index contributed by atoms with van der Waals surface area (Å²) in [7, 11) is 1.59. The van der Waals surface area contributed by atoms with Crippen LogP contribution in [-0.4, -0.2) is 19.7 Å². The zero-order valence-electron chi connectivity index (χ0n) is 14.9. The molecule has 1 aliphatic heterocycles. The first kappa shape index (κ1) is 18.4. The maximum absolute atomic E-state index is 12.6. The van der Waals surface area contributed by atoms with Crippen LogP contribution in [0.1, 0.15) is 37.3 Å². The first-order valence-corrected chi connectivity index (χ1v) is 8.10. The van der Waals surface area contributed by atoms with Crippen LogP contribution in [0.5, 0.6) is 5.75 Å². The van der Waals surface area contributed by atoms with Gasteiger partial charge in [-0.25, -0.2) is 4.79 Å². The maximum Gasteiger partial charge on any atom is 0.338 e. The molecule has 0 saturated heterocycles. The third kappa shape index (κ3) is 3.45. The molecule has 1 heterocycles. The number of nitriles is 1. The molecule has 1 aromatic rings. The van der Waals surface area contributed by atoms with Crippen LogP contribution in [0, 0.1) is 18.3 Å². The Labute approximate surface area is 147 Å². The Bertz CT molecular complexity index is 787. The third-order valence-electron chi connectivity index (χ3n) is 4.07. The highest BCUT2D eigenvalue weighted by molar-refractivity contribution is 5.92. The van der Waals surface area contributed by atoms with Crippen LogP contribution in [0.15, 0.2) is 41.0 Å². The van der Waals surface area contributed by atoms with Crippen molar-refractivity contribution < 1.29 is 19.0 Å². The van der Waals surface area contributed by atoms with E-state index in [9.17, 15) is 10.1 Å². The number of carbonyl (C=O) groups excluding carboxylic acids is 1. The lowest BCUT2D eigenvalue weighted by Gasteiger charge is -2.28. The molecule has 1 aliphatic rings. The Balaban J connectivity index is 2.66. The Hall–Kier alpha value is -2.94. The summed E-state index contributed by atoms with van der Waals surface area (Å²) in [4.78, 5) is 12.6. The van der Waals surface area contributed by atoms with E-state index in [1.807, 2.05) is 26.0 Å². The summed E-state index contributed by atoms with van der Waals surface area (Å²) in [5, 5.41) is 9.58. The highest BCUT2D eigenvalue weighted by Crippen LogP contribution is 2.41. The summed E-state index contributed by atoms with van der Waals surface area (Å²) in [6, 6.07) is 7.58. The maximum atomic E-state index is 12.6. The lowest BCUT2D eigenvalue weighted by molar-refractivity contribution is -0.139.